The molecule has 18 heavy (non-hydrogen) atoms. The summed E-state index contributed by atoms with van der Waals surface area (Å²) >= 11 is 0. The molecule has 1 aromatic carbocycles. The highest BCUT2D eigenvalue weighted by atomic mass is 16.4. The van der Waals surface area contributed by atoms with Crippen LogP contribution in [0.2, 0.25) is 0 Å². The van der Waals surface area contributed by atoms with E-state index in [1.165, 1.54) is 0 Å². The molecule has 92 valence electrons. The van der Waals surface area contributed by atoms with Crippen molar-refractivity contribution in [1.82, 2.24) is 14.8 Å². The van der Waals surface area contributed by atoms with Gasteiger partial charge in [0.15, 0.2) is 5.82 Å². The number of hydrogen-bond donors (Lipinski definition) is 1. The maximum Gasteiger partial charge on any atom is 0.335 e. The lowest BCUT2D eigenvalue weighted by Gasteiger charge is -2.14. The van der Waals surface area contributed by atoms with Crippen molar-refractivity contribution >= 4 is 5.97 Å². The first-order chi connectivity index (χ1) is 8.75. The third kappa shape index (κ3) is 1.77. The number of carboxylic acids is 1. The molecule has 5 nitrogen and oxygen atoms in total. The first-order valence-corrected chi connectivity index (χ1v) is 6.01. The third-order valence-corrected chi connectivity index (χ3v) is 3.25. The topological polar surface area (TPSA) is 68.0 Å². The zero-order valence-electron chi connectivity index (χ0n) is 9.83. The van der Waals surface area contributed by atoms with Crippen molar-refractivity contribution in [3.8, 4) is 11.4 Å². The van der Waals surface area contributed by atoms with Crippen molar-refractivity contribution in [3.63, 3.8) is 0 Å². The van der Waals surface area contributed by atoms with Crippen LogP contribution in [-0.4, -0.2) is 25.8 Å². The summed E-state index contributed by atoms with van der Waals surface area (Å²) in [5.74, 6) is 0.949. The summed E-state index contributed by atoms with van der Waals surface area (Å²) in [6.45, 7) is 0.943. The quantitative estimate of drug-likeness (QED) is 0.875. The summed E-state index contributed by atoms with van der Waals surface area (Å²) in [5.41, 5.74) is 1.21. The molecule has 0 aliphatic carbocycles. The molecule has 0 atom stereocenters. The molecule has 0 unspecified atom stereocenters. The maximum absolute atomic E-state index is 10.8. The highest BCUT2D eigenvalue weighted by molar-refractivity contribution is 5.88. The summed E-state index contributed by atoms with van der Waals surface area (Å²) in [5, 5.41) is 17.3. The number of rotatable bonds is 2. The van der Waals surface area contributed by atoms with Gasteiger partial charge >= 0.3 is 5.97 Å². The fraction of sp³-hybridized carbons (Fsp3) is 0.308. The number of carbonyl (C=O) groups is 1. The van der Waals surface area contributed by atoms with Crippen LogP contribution in [0.5, 0.6) is 0 Å². The molecular formula is C13H13N3O2. The summed E-state index contributed by atoms with van der Waals surface area (Å²) in [6.07, 6.45) is 3.28. The lowest BCUT2D eigenvalue weighted by Crippen LogP contribution is -2.11. The van der Waals surface area contributed by atoms with Gasteiger partial charge in [0, 0.05) is 18.5 Å². The lowest BCUT2D eigenvalue weighted by atomic mass is 10.1. The molecule has 1 aliphatic heterocycles. The normalized spacial score (nSPS) is 14.2. The van der Waals surface area contributed by atoms with E-state index in [1.54, 1.807) is 24.3 Å². The summed E-state index contributed by atoms with van der Waals surface area (Å²) in [7, 11) is 0. The Bertz CT molecular complexity index is 587. The van der Waals surface area contributed by atoms with Gasteiger partial charge in [-0.05, 0) is 25.0 Å². The van der Waals surface area contributed by atoms with Crippen molar-refractivity contribution in [1.29, 1.82) is 0 Å². The van der Waals surface area contributed by atoms with Crippen molar-refractivity contribution in [2.75, 3.05) is 0 Å². The highest BCUT2D eigenvalue weighted by Crippen LogP contribution is 2.23. The van der Waals surface area contributed by atoms with E-state index >= 15 is 0 Å². The van der Waals surface area contributed by atoms with E-state index in [9.17, 15) is 4.79 Å². The summed E-state index contributed by atoms with van der Waals surface area (Å²) in [6, 6.07) is 6.77. The largest absolute Gasteiger partial charge is 0.478 e. The second kappa shape index (κ2) is 4.25. The Morgan fingerprint density at radius 1 is 1.17 bits per heavy atom. The van der Waals surface area contributed by atoms with Crippen LogP contribution in [0.25, 0.3) is 11.4 Å². The van der Waals surface area contributed by atoms with Crippen LogP contribution in [0.4, 0.5) is 0 Å². The van der Waals surface area contributed by atoms with Crippen molar-refractivity contribution in [2.24, 2.45) is 0 Å². The Morgan fingerprint density at radius 3 is 2.67 bits per heavy atom. The fourth-order valence-electron chi connectivity index (χ4n) is 2.28. The molecule has 1 N–H and O–H groups in total. The standard InChI is InChI=1S/C13H13N3O2/c17-13(18)10-6-4-9(5-7-10)12-15-14-11-3-1-2-8-16(11)12/h4-7H,1-3,8H2,(H,17,18). The first kappa shape index (κ1) is 11.0. The number of aromatic nitrogens is 3. The molecule has 0 radical (unpaired) electrons. The maximum atomic E-state index is 10.8. The highest BCUT2D eigenvalue weighted by Gasteiger charge is 2.16. The van der Waals surface area contributed by atoms with Crippen LogP contribution in [0.3, 0.4) is 0 Å². The minimum Gasteiger partial charge on any atom is -0.478 e. The third-order valence-electron chi connectivity index (χ3n) is 3.25. The van der Waals surface area contributed by atoms with Crippen LogP contribution in [0, 0.1) is 0 Å². The Hall–Kier alpha value is -2.17. The zero-order valence-corrected chi connectivity index (χ0v) is 9.83. The van der Waals surface area contributed by atoms with E-state index in [0.29, 0.717) is 0 Å². The van der Waals surface area contributed by atoms with Gasteiger partial charge in [0.2, 0.25) is 0 Å². The SMILES string of the molecule is O=C(O)c1ccc(-c2nnc3n2CCCC3)cc1. The van der Waals surface area contributed by atoms with Gasteiger partial charge in [-0.1, -0.05) is 12.1 Å². The van der Waals surface area contributed by atoms with Gasteiger partial charge in [0.05, 0.1) is 5.56 Å². The fourth-order valence-corrected chi connectivity index (χ4v) is 2.28. The summed E-state index contributed by atoms with van der Waals surface area (Å²) in [4.78, 5) is 10.8. The molecule has 0 fully saturated rings. The number of fused-ring (bicyclic) bond motifs is 1. The van der Waals surface area contributed by atoms with Gasteiger partial charge in [-0.15, -0.1) is 10.2 Å². The minimum absolute atomic E-state index is 0.289. The number of carboxylic acid groups (broad SMARTS) is 1. The molecule has 1 aromatic heterocycles. The molecule has 2 aromatic rings. The smallest absolute Gasteiger partial charge is 0.335 e. The van der Waals surface area contributed by atoms with Gasteiger partial charge in [-0.25, -0.2) is 4.79 Å². The van der Waals surface area contributed by atoms with E-state index in [4.69, 9.17) is 5.11 Å². The molecule has 5 heteroatoms. The molecular weight excluding hydrogens is 230 g/mol. The Balaban J connectivity index is 1.99. The van der Waals surface area contributed by atoms with Crippen molar-refractivity contribution in [2.45, 2.75) is 25.8 Å². The second-order valence-corrected chi connectivity index (χ2v) is 4.43. The van der Waals surface area contributed by atoms with E-state index in [1.807, 2.05) is 0 Å². The predicted molar refractivity (Wildman–Crippen MR) is 65.4 cm³/mol. The molecule has 0 bridgehead atoms. The molecule has 1 aliphatic rings. The van der Waals surface area contributed by atoms with E-state index in [0.717, 1.165) is 43.0 Å². The van der Waals surface area contributed by atoms with Crippen molar-refractivity contribution < 1.29 is 9.90 Å². The van der Waals surface area contributed by atoms with Crippen LogP contribution in [0.1, 0.15) is 29.0 Å². The van der Waals surface area contributed by atoms with Crippen LogP contribution in [-0.2, 0) is 13.0 Å². The number of aryl methyl sites for hydroxylation is 1. The Morgan fingerprint density at radius 2 is 1.94 bits per heavy atom. The minimum atomic E-state index is -0.912. The average Bonchev–Trinajstić information content (AvgIpc) is 2.82. The average molecular weight is 243 g/mol. The van der Waals surface area contributed by atoms with Gasteiger partial charge < -0.3 is 9.67 Å². The predicted octanol–water partition coefficient (Wildman–Crippen LogP) is 1.98. The number of nitrogens with zero attached hydrogens (tertiary/aromatic N) is 3. The summed E-state index contributed by atoms with van der Waals surface area (Å²) < 4.78 is 2.12. The van der Waals surface area contributed by atoms with E-state index in [2.05, 4.69) is 14.8 Å². The number of benzene rings is 1. The van der Waals surface area contributed by atoms with E-state index < -0.39 is 5.97 Å². The molecule has 2 heterocycles. The van der Waals surface area contributed by atoms with Crippen LogP contribution < -0.4 is 0 Å². The molecule has 3 rings (SSSR count). The number of aromatic carboxylic acids is 1. The van der Waals surface area contributed by atoms with Gasteiger partial charge in [0.1, 0.15) is 5.82 Å². The Kier molecular flexibility index (Phi) is 2.59. The van der Waals surface area contributed by atoms with Crippen molar-refractivity contribution in [3.05, 3.63) is 35.7 Å². The molecule has 0 amide bonds. The monoisotopic (exact) mass is 243 g/mol. The second-order valence-electron chi connectivity index (χ2n) is 4.43. The lowest BCUT2D eigenvalue weighted by molar-refractivity contribution is 0.0697. The van der Waals surface area contributed by atoms with Crippen LogP contribution >= 0.6 is 0 Å². The van der Waals surface area contributed by atoms with Gasteiger partial charge in [-0.2, -0.15) is 0 Å². The van der Waals surface area contributed by atoms with Gasteiger partial charge in [0.25, 0.3) is 0 Å². The van der Waals surface area contributed by atoms with Gasteiger partial charge in [-0.3, -0.25) is 0 Å². The Labute approximate surface area is 104 Å². The zero-order chi connectivity index (χ0) is 12.5. The molecule has 0 saturated heterocycles. The molecule has 0 spiro atoms. The molecule has 0 saturated carbocycles. The first-order valence-electron chi connectivity index (χ1n) is 6.01. The van der Waals surface area contributed by atoms with Crippen LogP contribution in [0.15, 0.2) is 24.3 Å². The number of hydrogen-bond acceptors (Lipinski definition) is 3. The van der Waals surface area contributed by atoms with E-state index in [-0.39, 0.29) is 5.56 Å².